The molecule has 3 aliphatic heterocycles. The number of benzene rings is 2. The van der Waals surface area contributed by atoms with Crippen molar-refractivity contribution < 1.29 is 50.9 Å². The number of nitrogens with one attached hydrogen (secondary N) is 5. The number of nitrogens with zero attached hydrogens (tertiary/aromatic N) is 6. The van der Waals surface area contributed by atoms with E-state index in [9.17, 15) is 47.1 Å². The number of aromatic amines is 1. The van der Waals surface area contributed by atoms with Gasteiger partial charge in [-0.05, 0) is 49.6 Å². The number of carboxylic acid groups (broad SMARTS) is 1. The Hall–Kier alpha value is -5.90. The van der Waals surface area contributed by atoms with Gasteiger partial charge in [-0.1, -0.05) is 23.8 Å². The van der Waals surface area contributed by atoms with Crippen LogP contribution in [0.15, 0.2) is 58.6 Å². The molecular weight excluding hydrogens is 1050 g/mol. The van der Waals surface area contributed by atoms with Crippen molar-refractivity contribution in [3.63, 3.8) is 0 Å². The number of carbonyl (C=O) groups is 6. The van der Waals surface area contributed by atoms with E-state index >= 15 is 0 Å². The van der Waals surface area contributed by atoms with E-state index < -0.39 is 80.6 Å². The topological polar surface area (TPSA) is 296 Å². The molecule has 2 aromatic carbocycles. The molecule has 3 saturated heterocycles. The zero-order valence-corrected chi connectivity index (χ0v) is 43.8. The van der Waals surface area contributed by atoms with E-state index in [-0.39, 0.29) is 61.0 Å². The normalized spacial score (nSPS) is 19.8. The first-order valence-electron chi connectivity index (χ1n) is 23.2. The molecule has 0 aliphatic carbocycles. The number of anilines is 1. The number of aromatic nitrogens is 3. The maximum Gasteiger partial charge on any atom is 0.323 e. The second-order valence-corrected chi connectivity index (χ2v) is 23.0. The molecule has 0 spiro atoms. The van der Waals surface area contributed by atoms with Crippen LogP contribution < -0.4 is 26.1 Å². The summed E-state index contributed by atoms with van der Waals surface area (Å²) in [5.41, 5.74) is 2.00. The van der Waals surface area contributed by atoms with Crippen LogP contribution in [0.1, 0.15) is 39.0 Å². The smallest absolute Gasteiger partial charge is 0.323 e. The van der Waals surface area contributed by atoms with Gasteiger partial charge in [0.2, 0.25) is 15.5 Å². The molecule has 0 saturated carbocycles. The maximum atomic E-state index is 14.0. The van der Waals surface area contributed by atoms with Gasteiger partial charge in [0.05, 0.1) is 10.4 Å². The molecule has 4 bridgehead atoms. The third-order valence-corrected chi connectivity index (χ3v) is 17.9. The quantitative estimate of drug-likeness (QED) is 0.0718. The number of sulfonamides is 1. The standard InChI is InChI=1S/C45H61N11O13S.In/c1-29-19-30(2)42(31(3)20-29)70(68,69)51-35(44(66)67)23-49-43(65)34-24-56(36-21-32(5-6-33(36)41(34)64)22-50-45-47-8-9-48-45)10-4-7-46-37(57)25-52-11-13-53(26-38(58)59)15-17-55(28-40(62)63)18-16-54(14-12-52)27-39(60)61;/h5-6,8-9,19-21,24,35,51H,4,7,10-18,22-23,25-28H2,1-3H3,(H,46,57)(H,49,65)(H,58,59)(H,60,61)(H,62,63)(H,66,67)(H2,47,48,50);/q;+3/p-3. The van der Waals surface area contributed by atoms with Crippen LogP contribution in [0.5, 0.6) is 0 Å². The van der Waals surface area contributed by atoms with Gasteiger partial charge in [0, 0.05) is 43.6 Å². The molecule has 71 heavy (non-hydrogen) atoms. The number of rotatable bonds is 16. The first-order chi connectivity index (χ1) is 33.9. The minimum atomic E-state index is -4.35. The number of imidazole rings is 1. The number of H-pyrrole nitrogens is 1. The van der Waals surface area contributed by atoms with Gasteiger partial charge in [-0.2, -0.15) is 4.72 Å². The molecule has 3 unspecified atom stereocenters. The Morgan fingerprint density at radius 1 is 0.831 bits per heavy atom. The Morgan fingerprint density at radius 3 is 1.99 bits per heavy atom. The SMILES string of the molecule is Cc1cc(C)c(S(=O)(=O)NC(CNC(=O)c2cn(CCCNC(=O)CN3CCN4CCN5CCN(CC3)CC(=O)[O][In]([O]C(=O)C4)[O]C(=O)C5)c3cc(CNc4ncc[nH]4)ccc3c2=O)C(=O)O)c(C)c1. The molecule has 7 rings (SSSR count). The first-order valence-corrected chi connectivity index (χ1v) is 28.7. The number of hydrogen-bond acceptors (Lipinski definition) is 18. The van der Waals surface area contributed by atoms with Crippen molar-refractivity contribution in [2.24, 2.45) is 0 Å². The maximum absolute atomic E-state index is 14.0. The first kappa shape index (κ1) is 52.9. The molecule has 2 aromatic heterocycles. The van der Waals surface area contributed by atoms with Gasteiger partial charge in [0.1, 0.15) is 11.6 Å². The zero-order chi connectivity index (χ0) is 50.8. The summed E-state index contributed by atoms with van der Waals surface area (Å²) in [5.74, 6) is -4.12. The molecule has 26 heteroatoms. The number of hydrogen-bond donors (Lipinski definition) is 6. The van der Waals surface area contributed by atoms with Crippen LogP contribution >= 0.6 is 0 Å². The number of aliphatic carboxylic acids is 1. The van der Waals surface area contributed by atoms with Crippen LogP contribution in [-0.4, -0.2) is 204 Å². The van der Waals surface area contributed by atoms with Gasteiger partial charge in [-0.3, -0.25) is 14.4 Å². The van der Waals surface area contributed by atoms with E-state index in [0.717, 1.165) is 11.1 Å². The van der Waals surface area contributed by atoms with E-state index in [4.69, 9.17) is 8.56 Å². The Balaban J connectivity index is 1.04. The summed E-state index contributed by atoms with van der Waals surface area (Å²) in [6.07, 6.45) is 4.97. The Kier molecular flexibility index (Phi) is 17.9. The zero-order valence-electron chi connectivity index (χ0n) is 39.7. The van der Waals surface area contributed by atoms with Crippen LogP contribution in [0.3, 0.4) is 0 Å². The molecule has 6 N–H and O–H groups in total. The molecule has 2 amide bonds. The number of carboxylic acids is 1. The average Bonchev–Trinajstić information content (AvgIpc) is 3.81. The van der Waals surface area contributed by atoms with Crippen LogP contribution in [0.2, 0.25) is 0 Å². The second-order valence-electron chi connectivity index (χ2n) is 17.7. The van der Waals surface area contributed by atoms with Gasteiger partial charge in [0.15, 0.2) is 5.95 Å². The molecule has 380 valence electrons. The van der Waals surface area contributed by atoms with E-state index in [1.165, 1.54) is 6.20 Å². The molecule has 3 atom stereocenters. The number of carbonyl (C=O) groups excluding carboxylic acids is 5. The van der Waals surface area contributed by atoms with Crippen LogP contribution in [0.4, 0.5) is 5.95 Å². The fourth-order valence-corrected chi connectivity index (χ4v) is 13.3. The molecule has 3 aliphatic rings. The average molecular weight is 1110 g/mol. The predicted octanol–water partition coefficient (Wildman–Crippen LogP) is -1.21. The van der Waals surface area contributed by atoms with Gasteiger partial charge in [0.25, 0.3) is 5.91 Å². The van der Waals surface area contributed by atoms with Gasteiger partial charge in [-0.15, -0.1) is 0 Å². The van der Waals surface area contributed by atoms with Crippen molar-refractivity contribution in [2.75, 3.05) is 96.9 Å². The van der Waals surface area contributed by atoms with Crippen LogP contribution in [-0.2, 0) is 55.6 Å². The minimum absolute atomic E-state index is 0.00139. The number of fused-ring (bicyclic) bond motifs is 8. The van der Waals surface area contributed by atoms with Gasteiger partial charge in [-0.25, -0.2) is 13.4 Å². The van der Waals surface area contributed by atoms with Crippen LogP contribution in [0, 0.1) is 20.8 Å². The van der Waals surface area contributed by atoms with Gasteiger partial charge >= 0.3 is 197 Å². The Morgan fingerprint density at radius 2 is 1.42 bits per heavy atom. The third-order valence-electron chi connectivity index (χ3n) is 12.2. The third kappa shape index (κ3) is 14.6. The van der Waals surface area contributed by atoms with Crippen molar-refractivity contribution in [1.82, 2.24) is 49.5 Å². The van der Waals surface area contributed by atoms with Crippen molar-refractivity contribution in [2.45, 2.75) is 51.2 Å². The van der Waals surface area contributed by atoms with Crippen molar-refractivity contribution >= 4 is 85.3 Å². The summed E-state index contributed by atoms with van der Waals surface area (Å²) in [6.45, 7) is 8.20. The van der Waals surface area contributed by atoms with E-state index in [2.05, 4.69) is 30.6 Å². The Labute approximate surface area is 418 Å². The van der Waals surface area contributed by atoms with Crippen molar-refractivity contribution in [3.05, 3.63) is 87.0 Å². The Bertz CT molecular complexity index is 2750. The largest absolute Gasteiger partial charge is 0.480 e. The monoisotopic (exact) mass is 1110 g/mol. The summed E-state index contributed by atoms with van der Waals surface area (Å²) >= 11 is -4.28. The fourth-order valence-electron chi connectivity index (χ4n) is 8.75. The van der Waals surface area contributed by atoms with Crippen molar-refractivity contribution in [1.29, 1.82) is 0 Å². The molecule has 3 fully saturated rings. The molecule has 24 nitrogen and oxygen atoms in total. The summed E-state index contributed by atoms with van der Waals surface area (Å²) in [5, 5.41) is 18.8. The molecule has 4 aromatic rings. The van der Waals surface area contributed by atoms with Crippen molar-refractivity contribution in [3.8, 4) is 0 Å². The summed E-state index contributed by atoms with van der Waals surface area (Å²) < 4.78 is 47.1. The second kappa shape index (κ2) is 24.0. The number of amides is 2. The van der Waals surface area contributed by atoms with E-state index in [1.807, 2.05) is 26.5 Å². The molecule has 5 heterocycles. The summed E-state index contributed by atoms with van der Waals surface area (Å²) in [7, 11) is -4.35. The minimum Gasteiger partial charge on any atom is -0.480 e. The van der Waals surface area contributed by atoms with E-state index in [1.54, 1.807) is 61.1 Å². The summed E-state index contributed by atoms with van der Waals surface area (Å²) in [4.78, 5) is 107. The predicted molar refractivity (Wildman–Crippen MR) is 256 cm³/mol. The molecule has 0 radical (unpaired) electrons. The van der Waals surface area contributed by atoms with Gasteiger partial charge < -0.3 is 25.3 Å². The fraction of sp³-hybridized carbons (Fsp3) is 0.467. The van der Waals surface area contributed by atoms with E-state index in [0.29, 0.717) is 87.9 Å². The van der Waals surface area contributed by atoms with Crippen LogP contribution in [0.25, 0.3) is 10.9 Å². The summed E-state index contributed by atoms with van der Waals surface area (Å²) in [6, 6.07) is 6.66. The molecular formula is C45H58InN11O13S. The number of aryl methyl sites for hydroxylation is 4. The number of pyridine rings is 1.